The second kappa shape index (κ2) is 4.63. The van der Waals surface area contributed by atoms with Crippen LogP contribution in [0.5, 0.6) is 0 Å². The lowest BCUT2D eigenvalue weighted by Gasteiger charge is -2.04. The van der Waals surface area contributed by atoms with Crippen LogP contribution in [0, 0.1) is 0 Å². The molecule has 7 heteroatoms. The number of methoxy groups -OCH3 is 1. The third-order valence-corrected chi connectivity index (χ3v) is 1.82. The van der Waals surface area contributed by atoms with Gasteiger partial charge in [-0.05, 0) is 6.07 Å². The summed E-state index contributed by atoms with van der Waals surface area (Å²) >= 11 is 0. The minimum Gasteiger partial charge on any atom is -0.390 e. The fraction of sp³-hybridized carbons (Fsp3) is 0.625. The Bertz CT molecular complexity index is 322. The van der Waals surface area contributed by atoms with Crippen LogP contribution in [0.2, 0.25) is 0 Å². The van der Waals surface area contributed by atoms with Crippen molar-refractivity contribution in [2.75, 3.05) is 13.7 Å². The van der Waals surface area contributed by atoms with E-state index in [0.29, 0.717) is 0 Å². The maximum atomic E-state index is 12.3. The summed E-state index contributed by atoms with van der Waals surface area (Å²) in [6.45, 7) is -0.0543. The van der Waals surface area contributed by atoms with Crippen LogP contribution < -0.4 is 0 Å². The maximum absolute atomic E-state index is 12.3. The first-order chi connectivity index (χ1) is 6.99. The van der Waals surface area contributed by atoms with Gasteiger partial charge in [-0.2, -0.15) is 18.3 Å². The van der Waals surface area contributed by atoms with Crippen molar-refractivity contribution in [3.05, 3.63) is 17.5 Å². The molecule has 0 unspecified atom stereocenters. The molecule has 86 valence electrons. The predicted octanol–water partition coefficient (Wildman–Crippen LogP) is 1.04. The van der Waals surface area contributed by atoms with Gasteiger partial charge in [-0.1, -0.05) is 0 Å². The molecule has 0 amide bonds. The minimum absolute atomic E-state index is 0.124. The van der Waals surface area contributed by atoms with Gasteiger partial charge in [0, 0.05) is 7.11 Å². The molecule has 1 N–H and O–H groups in total. The van der Waals surface area contributed by atoms with Gasteiger partial charge in [0.2, 0.25) is 0 Å². The van der Waals surface area contributed by atoms with E-state index in [4.69, 9.17) is 9.84 Å². The molecule has 0 aromatic carbocycles. The number of aliphatic hydroxyl groups excluding tert-OH is 1. The Labute approximate surface area is 84.3 Å². The SMILES string of the molecule is COCCn1nc(C(F)(F)F)cc1CO. The third-order valence-electron chi connectivity index (χ3n) is 1.82. The molecule has 1 aromatic heterocycles. The molecule has 15 heavy (non-hydrogen) atoms. The third kappa shape index (κ3) is 2.93. The van der Waals surface area contributed by atoms with Crippen LogP contribution in [-0.4, -0.2) is 28.6 Å². The molecule has 1 aromatic rings. The summed E-state index contributed by atoms with van der Waals surface area (Å²) in [6.07, 6.45) is -4.48. The van der Waals surface area contributed by atoms with E-state index in [2.05, 4.69) is 5.10 Å². The van der Waals surface area contributed by atoms with Crippen molar-refractivity contribution in [2.45, 2.75) is 19.3 Å². The Morgan fingerprint density at radius 3 is 2.67 bits per heavy atom. The smallest absolute Gasteiger partial charge is 0.390 e. The van der Waals surface area contributed by atoms with Gasteiger partial charge in [0.15, 0.2) is 5.69 Å². The lowest BCUT2D eigenvalue weighted by molar-refractivity contribution is -0.141. The summed E-state index contributed by atoms with van der Waals surface area (Å²) in [5.74, 6) is 0. The Morgan fingerprint density at radius 2 is 2.20 bits per heavy atom. The summed E-state index contributed by atoms with van der Waals surface area (Å²) in [5, 5.41) is 12.2. The highest BCUT2D eigenvalue weighted by molar-refractivity contribution is 5.12. The first kappa shape index (κ1) is 12.0. The highest BCUT2D eigenvalue weighted by Crippen LogP contribution is 2.28. The van der Waals surface area contributed by atoms with Crippen LogP contribution in [0.25, 0.3) is 0 Å². The molecule has 1 rings (SSSR count). The van der Waals surface area contributed by atoms with Crippen LogP contribution in [0.4, 0.5) is 13.2 Å². The highest BCUT2D eigenvalue weighted by Gasteiger charge is 2.34. The zero-order chi connectivity index (χ0) is 11.5. The normalized spacial score (nSPS) is 12.1. The Kier molecular flexibility index (Phi) is 3.70. The molecule has 0 bridgehead atoms. The van der Waals surface area contributed by atoms with Gasteiger partial charge in [0.05, 0.1) is 25.5 Å². The number of aromatic nitrogens is 2. The molecule has 0 saturated carbocycles. The maximum Gasteiger partial charge on any atom is 0.435 e. The standard InChI is InChI=1S/C8H11F3N2O2/c1-15-3-2-13-6(5-14)4-7(12-13)8(9,10)11/h4,14H,2-3,5H2,1H3. The van der Waals surface area contributed by atoms with E-state index in [-0.39, 0.29) is 18.8 Å². The summed E-state index contributed by atoms with van der Waals surface area (Å²) in [5.41, 5.74) is -0.873. The predicted molar refractivity (Wildman–Crippen MR) is 45.0 cm³/mol. The van der Waals surface area contributed by atoms with Gasteiger partial charge >= 0.3 is 6.18 Å². The summed E-state index contributed by atoms with van der Waals surface area (Å²) < 4.78 is 42.6. The van der Waals surface area contributed by atoms with Gasteiger partial charge in [-0.15, -0.1) is 0 Å². The molecular formula is C8H11F3N2O2. The van der Waals surface area contributed by atoms with E-state index in [1.807, 2.05) is 0 Å². The summed E-state index contributed by atoms with van der Waals surface area (Å²) in [4.78, 5) is 0. The average Bonchev–Trinajstić information content (AvgIpc) is 2.57. The van der Waals surface area contributed by atoms with E-state index in [0.717, 1.165) is 10.7 Å². The number of aliphatic hydroxyl groups is 1. The molecule has 0 fully saturated rings. The van der Waals surface area contributed by atoms with Crippen molar-refractivity contribution in [3.63, 3.8) is 0 Å². The molecule has 1 heterocycles. The number of halogens is 3. The minimum atomic E-state index is -4.48. The zero-order valence-corrected chi connectivity index (χ0v) is 8.08. The largest absolute Gasteiger partial charge is 0.435 e. The fourth-order valence-electron chi connectivity index (χ4n) is 1.09. The number of alkyl halides is 3. The van der Waals surface area contributed by atoms with Crippen molar-refractivity contribution in [1.29, 1.82) is 0 Å². The van der Waals surface area contributed by atoms with E-state index in [1.165, 1.54) is 7.11 Å². The number of hydrogen-bond donors (Lipinski definition) is 1. The molecule has 0 aliphatic rings. The molecule has 0 aliphatic carbocycles. The van der Waals surface area contributed by atoms with E-state index in [9.17, 15) is 13.2 Å². The van der Waals surface area contributed by atoms with Crippen LogP contribution in [0.1, 0.15) is 11.4 Å². The lowest BCUT2D eigenvalue weighted by Crippen LogP contribution is -2.11. The highest BCUT2D eigenvalue weighted by atomic mass is 19.4. The van der Waals surface area contributed by atoms with E-state index in [1.54, 1.807) is 0 Å². The molecule has 4 nitrogen and oxygen atoms in total. The molecule has 0 atom stereocenters. The van der Waals surface area contributed by atoms with E-state index >= 15 is 0 Å². The quantitative estimate of drug-likeness (QED) is 0.831. The second-order valence-electron chi connectivity index (χ2n) is 2.89. The first-order valence-electron chi connectivity index (χ1n) is 4.22. The number of ether oxygens (including phenoxy) is 1. The molecule has 0 radical (unpaired) electrons. The monoisotopic (exact) mass is 224 g/mol. The van der Waals surface area contributed by atoms with Crippen LogP contribution >= 0.6 is 0 Å². The van der Waals surface area contributed by atoms with Gasteiger partial charge in [-0.25, -0.2) is 0 Å². The Hall–Kier alpha value is -1.08. The van der Waals surface area contributed by atoms with Crippen molar-refractivity contribution in [2.24, 2.45) is 0 Å². The molecule has 0 saturated heterocycles. The average molecular weight is 224 g/mol. The fourth-order valence-corrected chi connectivity index (χ4v) is 1.09. The van der Waals surface area contributed by atoms with Crippen molar-refractivity contribution < 1.29 is 23.0 Å². The van der Waals surface area contributed by atoms with Crippen molar-refractivity contribution >= 4 is 0 Å². The Balaban J connectivity index is 2.90. The van der Waals surface area contributed by atoms with Crippen molar-refractivity contribution in [3.8, 4) is 0 Å². The van der Waals surface area contributed by atoms with Gasteiger partial charge in [0.25, 0.3) is 0 Å². The number of nitrogens with zero attached hydrogens (tertiary/aromatic N) is 2. The second-order valence-corrected chi connectivity index (χ2v) is 2.89. The number of hydrogen-bond acceptors (Lipinski definition) is 3. The molecule has 0 spiro atoms. The first-order valence-corrected chi connectivity index (χ1v) is 4.22. The summed E-state index contributed by atoms with van der Waals surface area (Å²) in [6, 6.07) is 0.829. The van der Waals surface area contributed by atoms with Gasteiger partial charge in [0.1, 0.15) is 0 Å². The molecular weight excluding hydrogens is 213 g/mol. The lowest BCUT2D eigenvalue weighted by atomic mass is 10.3. The van der Waals surface area contributed by atoms with Crippen molar-refractivity contribution in [1.82, 2.24) is 9.78 Å². The molecule has 0 aliphatic heterocycles. The van der Waals surface area contributed by atoms with E-state index < -0.39 is 18.5 Å². The van der Waals surface area contributed by atoms with Crippen LogP contribution in [0.15, 0.2) is 6.07 Å². The summed E-state index contributed by atoms with van der Waals surface area (Å²) in [7, 11) is 1.44. The zero-order valence-electron chi connectivity index (χ0n) is 8.08. The number of rotatable bonds is 4. The Morgan fingerprint density at radius 1 is 1.53 bits per heavy atom. The van der Waals surface area contributed by atoms with Crippen LogP contribution in [-0.2, 0) is 24.1 Å². The topological polar surface area (TPSA) is 47.3 Å². The van der Waals surface area contributed by atoms with Crippen LogP contribution in [0.3, 0.4) is 0 Å². The van der Waals surface area contributed by atoms with Gasteiger partial charge in [-0.3, -0.25) is 4.68 Å². The van der Waals surface area contributed by atoms with Gasteiger partial charge < -0.3 is 9.84 Å².